The van der Waals surface area contributed by atoms with E-state index in [0.29, 0.717) is 28.5 Å². The molecule has 36 heavy (non-hydrogen) atoms. The van der Waals surface area contributed by atoms with Gasteiger partial charge in [-0.25, -0.2) is 14.8 Å². The zero-order valence-corrected chi connectivity index (χ0v) is 20.6. The lowest BCUT2D eigenvalue weighted by molar-refractivity contribution is 0.0106. The lowest BCUT2D eigenvalue weighted by Gasteiger charge is -2.31. The molecule has 0 aromatic heterocycles. The zero-order valence-electron chi connectivity index (χ0n) is 20.6. The van der Waals surface area contributed by atoms with Crippen molar-refractivity contribution in [3.63, 3.8) is 0 Å². The van der Waals surface area contributed by atoms with Gasteiger partial charge in [-0.15, -0.1) is 0 Å². The maximum absolute atomic E-state index is 13.3. The molecule has 3 aromatic carbocycles. The summed E-state index contributed by atoms with van der Waals surface area (Å²) < 4.78 is 17.3. The van der Waals surface area contributed by atoms with Gasteiger partial charge in [0.2, 0.25) is 0 Å². The Morgan fingerprint density at radius 1 is 0.944 bits per heavy atom. The summed E-state index contributed by atoms with van der Waals surface area (Å²) in [5, 5.41) is 2.51. The van der Waals surface area contributed by atoms with E-state index in [-0.39, 0.29) is 18.6 Å². The average molecular weight is 490 g/mol. The minimum Gasteiger partial charge on any atom is -0.493 e. The molecule has 1 saturated carbocycles. The summed E-state index contributed by atoms with van der Waals surface area (Å²) in [6.45, 7) is 0.0773. The summed E-state index contributed by atoms with van der Waals surface area (Å²) in [6.07, 6.45) is 3.74. The first-order chi connectivity index (χ1) is 17.4. The first kappa shape index (κ1) is 24.9. The van der Waals surface area contributed by atoms with Gasteiger partial charge in [-0.2, -0.15) is 0 Å². The highest BCUT2D eigenvalue weighted by Gasteiger charge is 2.27. The van der Waals surface area contributed by atoms with Gasteiger partial charge in [-0.05, 0) is 79.8 Å². The van der Waals surface area contributed by atoms with Gasteiger partial charge in [0, 0.05) is 18.3 Å². The number of para-hydroxylation sites is 1. The molecule has 2 amide bonds. The van der Waals surface area contributed by atoms with E-state index in [0.717, 1.165) is 31.2 Å². The second-order valence-corrected chi connectivity index (χ2v) is 8.70. The molecule has 0 heterocycles. The molecule has 0 radical (unpaired) electrons. The Balaban J connectivity index is 1.60. The molecule has 1 aliphatic rings. The molecule has 0 spiro atoms. The number of hydrogen-bond acceptors (Lipinski definition) is 6. The Hall–Kier alpha value is -4.20. The van der Waals surface area contributed by atoms with Gasteiger partial charge in [0.1, 0.15) is 5.75 Å². The van der Waals surface area contributed by atoms with Gasteiger partial charge in [0.05, 0.1) is 19.8 Å². The number of benzene rings is 3. The molecule has 4 rings (SSSR count). The largest absolute Gasteiger partial charge is 0.493 e. The van der Waals surface area contributed by atoms with Gasteiger partial charge in [-0.3, -0.25) is 4.79 Å². The van der Waals surface area contributed by atoms with Crippen LogP contribution in [0, 0.1) is 0 Å². The van der Waals surface area contributed by atoms with Crippen molar-refractivity contribution >= 4 is 17.7 Å². The van der Waals surface area contributed by atoms with E-state index in [4.69, 9.17) is 19.9 Å². The van der Waals surface area contributed by atoms with Crippen LogP contribution in [0.1, 0.15) is 41.6 Å². The number of ether oxygens (including phenoxy) is 3. The Morgan fingerprint density at radius 3 is 2.31 bits per heavy atom. The molecular formula is C28H31N3O5. The number of nitrogen functional groups attached to an aromatic ring is 1. The standard InChI is InChI=1S/C28H31N3O5/c1-30(27(32)21-13-15-22(29)16-14-21)31(28(33)36-24-8-4-3-5-9-24)19-20-12-17-25(34-2)26(18-20)35-23-10-6-7-11-23/h3-5,8-9,12-18,23H,6-7,10-11,19,29H2,1-2H3. The smallest absolute Gasteiger partial charge is 0.434 e. The number of nitrogens with zero attached hydrogens (tertiary/aromatic N) is 2. The molecule has 0 aliphatic heterocycles. The number of carbonyl (C=O) groups is 2. The number of amides is 2. The van der Waals surface area contributed by atoms with E-state index >= 15 is 0 Å². The van der Waals surface area contributed by atoms with Crippen LogP contribution in [0.4, 0.5) is 10.5 Å². The van der Waals surface area contributed by atoms with Crippen LogP contribution in [0.3, 0.4) is 0 Å². The quantitative estimate of drug-likeness (QED) is 0.358. The normalized spacial score (nSPS) is 13.2. The minimum atomic E-state index is -0.693. The van der Waals surface area contributed by atoms with Crippen LogP contribution in [0.2, 0.25) is 0 Å². The van der Waals surface area contributed by atoms with E-state index in [9.17, 15) is 9.59 Å². The number of methoxy groups -OCH3 is 1. The molecule has 0 unspecified atom stereocenters. The summed E-state index contributed by atoms with van der Waals surface area (Å²) >= 11 is 0. The molecule has 8 nitrogen and oxygen atoms in total. The third-order valence-electron chi connectivity index (χ3n) is 6.13. The van der Waals surface area contributed by atoms with Crippen LogP contribution in [0.5, 0.6) is 17.2 Å². The van der Waals surface area contributed by atoms with Crippen molar-refractivity contribution in [2.24, 2.45) is 0 Å². The van der Waals surface area contributed by atoms with Crippen molar-refractivity contribution < 1.29 is 23.8 Å². The van der Waals surface area contributed by atoms with Crippen LogP contribution in [0.25, 0.3) is 0 Å². The predicted octanol–water partition coefficient (Wildman–Crippen LogP) is 5.29. The van der Waals surface area contributed by atoms with E-state index in [1.807, 2.05) is 24.3 Å². The van der Waals surface area contributed by atoms with Crippen LogP contribution in [0.15, 0.2) is 72.8 Å². The number of carbonyl (C=O) groups excluding carboxylic acids is 2. The highest BCUT2D eigenvalue weighted by Crippen LogP contribution is 2.33. The summed E-state index contributed by atoms with van der Waals surface area (Å²) in [4.78, 5) is 26.5. The Morgan fingerprint density at radius 2 is 1.64 bits per heavy atom. The number of hydrazine groups is 1. The lowest BCUT2D eigenvalue weighted by atomic mass is 10.2. The molecular weight excluding hydrogens is 458 g/mol. The third-order valence-corrected chi connectivity index (χ3v) is 6.13. The Bertz CT molecular complexity index is 1180. The minimum absolute atomic E-state index is 0.0773. The third kappa shape index (κ3) is 6.07. The lowest BCUT2D eigenvalue weighted by Crippen LogP contribution is -2.48. The average Bonchev–Trinajstić information content (AvgIpc) is 3.41. The first-order valence-corrected chi connectivity index (χ1v) is 12.0. The zero-order chi connectivity index (χ0) is 25.5. The molecule has 2 N–H and O–H groups in total. The van der Waals surface area contributed by atoms with E-state index < -0.39 is 6.09 Å². The van der Waals surface area contributed by atoms with E-state index in [1.165, 1.54) is 17.1 Å². The predicted molar refractivity (Wildman–Crippen MR) is 137 cm³/mol. The fourth-order valence-corrected chi connectivity index (χ4v) is 4.13. The Kier molecular flexibility index (Phi) is 7.95. The number of anilines is 1. The molecule has 0 bridgehead atoms. The summed E-state index contributed by atoms with van der Waals surface area (Å²) in [6, 6.07) is 20.7. The number of nitrogens with two attached hydrogens (primary N) is 1. The van der Waals surface area contributed by atoms with Crippen molar-refractivity contribution in [1.82, 2.24) is 10.0 Å². The van der Waals surface area contributed by atoms with E-state index in [1.54, 1.807) is 55.6 Å². The molecule has 1 aliphatic carbocycles. The fourth-order valence-electron chi connectivity index (χ4n) is 4.13. The van der Waals surface area contributed by atoms with Crippen molar-refractivity contribution in [2.75, 3.05) is 19.9 Å². The van der Waals surface area contributed by atoms with Gasteiger partial charge < -0.3 is 19.9 Å². The van der Waals surface area contributed by atoms with Crippen LogP contribution >= 0.6 is 0 Å². The molecule has 1 fully saturated rings. The summed E-state index contributed by atoms with van der Waals surface area (Å²) in [7, 11) is 3.13. The maximum Gasteiger partial charge on any atom is 0.434 e. The van der Waals surface area contributed by atoms with Crippen LogP contribution < -0.4 is 19.9 Å². The van der Waals surface area contributed by atoms with E-state index in [2.05, 4.69) is 0 Å². The maximum atomic E-state index is 13.3. The van der Waals surface area contributed by atoms with Crippen LogP contribution in [-0.4, -0.2) is 42.3 Å². The van der Waals surface area contributed by atoms with Crippen molar-refractivity contribution in [2.45, 2.75) is 38.3 Å². The highest BCUT2D eigenvalue weighted by molar-refractivity contribution is 5.95. The van der Waals surface area contributed by atoms with Gasteiger partial charge >= 0.3 is 6.09 Å². The molecule has 0 atom stereocenters. The summed E-state index contributed by atoms with van der Waals surface area (Å²) in [5.74, 6) is 1.23. The van der Waals surface area contributed by atoms with Crippen molar-refractivity contribution in [3.8, 4) is 17.2 Å². The second kappa shape index (κ2) is 11.5. The van der Waals surface area contributed by atoms with Gasteiger partial charge in [0.15, 0.2) is 11.5 Å². The van der Waals surface area contributed by atoms with Gasteiger partial charge in [-0.1, -0.05) is 24.3 Å². The first-order valence-electron chi connectivity index (χ1n) is 12.0. The molecule has 0 saturated heterocycles. The second-order valence-electron chi connectivity index (χ2n) is 8.70. The fraction of sp³-hybridized carbons (Fsp3) is 0.286. The summed E-state index contributed by atoms with van der Waals surface area (Å²) in [5.41, 5.74) is 7.46. The SMILES string of the molecule is COc1ccc(CN(C(=O)Oc2ccccc2)N(C)C(=O)c2ccc(N)cc2)cc1OC1CCCC1. The number of hydrogen-bond donors (Lipinski definition) is 1. The molecule has 8 heteroatoms. The molecule has 188 valence electrons. The topological polar surface area (TPSA) is 94.3 Å². The van der Waals surface area contributed by atoms with Crippen LogP contribution in [-0.2, 0) is 6.54 Å². The molecule has 3 aromatic rings. The van der Waals surface area contributed by atoms with Crippen molar-refractivity contribution in [3.05, 3.63) is 83.9 Å². The highest BCUT2D eigenvalue weighted by atomic mass is 16.6. The van der Waals surface area contributed by atoms with Crippen molar-refractivity contribution in [1.29, 1.82) is 0 Å². The number of rotatable bonds is 7. The Labute approximate surface area is 211 Å². The van der Waals surface area contributed by atoms with Gasteiger partial charge in [0.25, 0.3) is 5.91 Å². The monoisotopic (exact) mass is 489 g/mol.